The van der Waals surface area contributed by atoms with Crippen LogP contribution >= 0.6 is 34.9 Å². The van der Waals surface area contributed by atoms with Crippen molar-refractivity contribution in [2.24, 2.45) is 5.73 Å². The molecule has 1 aromatic heterocycles. The van der Waals surface area contributed by atoms with Gasteiger partial charge in [0.15, 0.2) is 8.68 Å². The number of nitrogens with two attached hydrogens (primary N) is 1. The van der Waals surface area contributed by atoms with Crippen LogP contribution in [0.15, 0.2) is 8.68 Å². The zero-order valence-electron chi connectivity index (χ0n) is 7.67. The fourth-order valence-electron chi connectivity index (χ4n) is 0.631. The molecule has 0 unspecified atom stereocenters. The highest BCUT2D eigenvalue weighted by Crippen LogP contribution is 2.28. The summed E-state index contributed by atoms with van der Waals surface area (Å²) in [6.07, 6.45) is 0.494. The fraction of sp³-hybridized carbons (Fsp3) is 0.429. The van der Waals surface area contributed by atoms with Crippen LogP contribution in [-0.2, 0) is 4.79 Å². The lowest BCUT2D eigenvalue weighted by Gasteiger charge is -1.89. The number of amides is 1. The lowest BCUT2D eigenvalue weighted by Crippen LogP contribution is -2.12. The Hall–Kier alpha value is -0.780. The zero-order valence-corrected chi connectivity index (χ0v) is 10.1. The van der Waals surface area contributed by atoms with Gasteiger partial charge in [-0.3, -0.25) is 4.79 Å². The van der Waals surface area contributed by atoms with E-state index in [2.05, 4.69) is 16.3 Å². The number of primary amides is 1. The second-order valence-electron chi connectivity index (χ2n) is 2.35. The summed E-state index contributed by atoms with van der Waals surface area (Å²) in [5.41, 5.74) is 5.00. The van der Waals surface area contributed by atoms with Crippen LogP contribution in [0.2, 0.25) is 0 Å². The Bertz CT molecular complexity index is 373. The Morgan fingerprint density at radius 1 is 1.47 bits per heavy atom. The fourth-order valence-corrected chi connectivity index (χ4v) is 3.30. The lowest BCUT2D eigenvalue weighted by atomic mass is 10.6. The predicted molar refractivity (Wildman–Crippen MR) is 60.8 cm³/mol. The van der Waals surface area contributed by atoms with E-state index in [1.54, 1.807) is 0 Å². The van der Waals surface area contributed by atoms with Crippen molar-refractivity contribution < 1.29 is 4.79 Å². The smallest absolute Gasteiger partial charge is 0.227 e. The van der Waals surface area contributed by atoms with E-state index in [4.69, 9.17) is 11.0 Å². The Morgan fingerprint density at radius 2 is 2.13 bits per heavy atom. The molecule has 1 heterocycles. The molecule has 5 nitrogen and oxygen atoms in total. The third-order valence-corrected chi connectivity index (χ3v) is 4.38. The van der Waals surface area contributed by atoms with Gasteiger partial charge in [0, 0.05) is 12.2 Å². The average molecular weight is 260 g/mol. The van der Waals surface area contributed by atoms with Gasteiger partial charge in [-0.1, -0.05) is 34.9 Å². The predicted octanol–water partition coefficient (Wildman–Crippen LogP) is 1.12. The molecule has 0 fully saturated rings. The Kier molecular flexibility index (Phi) is 5.45. The molecule has 1 rings (SSSR count). The molecule has 0 atom stereocenters. The summed E-state index contributed by atoms with van der Waals surface area (Å²) in [4.78, 5) is 10.5. The highest BCUT2D eigenvalue weighted by Gasteiger charge is 2.06. The van der Waals surface area contributed by atoms with Gasteiger partial charge in [-0.25, -0.2) is 0 Å². The number of nitriles is 1. The molecular formula is C7H8N4OS3. The second kappa shape index (κ2) is 6.66. The summed E-state index contributed by atoms with van der Waals surface area (Å²) in [6.45, 7) is 0. The van der Waals surface area contributed by atoms with Crippen LogP contribution in [-0.4, -0.2) is 27.6 Å². The van der Waals surface area contributed by atoms with Gasteiger partial charge in [0.1, 0.15) is 0 Å². The molecule has 0 aliphatic carbocycles. The molecule has 1 aromatic rings. The number of carbonyl (C=O) groups is 1. The topological polar surface area (TPSA) is 92.7 Å². The largest absolute Gasteiger partial charge is 0.369 e. The Morgan fingerprint density at radius 3 is 2.73 bits per heavy atom. The van der Waals surface area contributed by atoms with E-state index in [0.29, 0.717) is 12.2 Å². The van der Waals surface area contributed by atoms with Gasteiger partial charge in [-0.05, 0) is 0 Å². The van der Waals surface area contributed by atoms with Gasteiger partial charge in [-0.15, -0.1) is 10.2 Å². The van der Waals surface area contributed by atoms with Gasteiger partial charge in [0.05, 0.1) is 11.8 Å². The quantitative estimate of drug-likeness (QED) is 0.608. The van der Waals surface area contributed by atoms with Crippen molar-refractivity contribution in [3.63, 3.8) is 0 Å². The normalized spacial score (nSPS) is 9.80. The summed E-state index contributed by atoms with van der Waals surface area (Å²) < 4.78 is 1.55. The van der Waals surface area contributed by atoms with Crippen molar-refractivity contribution in [3.05, 3.63) is 0 Å². The standard InChI is InChI=1S/C7H8N4OS3/c8-2-1-3-13-6-10-11-7(15-6)14-4-5(9)12/h1,3-4H2,(H2,9,12). The van der Waals surface area contributed by atoms with Crippen LogP contribution in [0.3, 0.4) is 0 Å². The molecule has 0 saturated carbocycles. The molecule has 0 aliphatic heterocycles. The minimum absolute atomic E-state index is 0.220. The van der Waals surface area contributed by atoms with Crippen LogP contribution in [0, 0.1) is 11.3 Å². The molecule has 0 spiro atoms. The Balaban J connectivity index is 2.36. The highest BCUT2D eigenvalue weighted by molar-refractivity contribution is 8.03. The molecule has 2 N–H and O–H groups in total. The van der Waals surface area contributed by atoms with Crippen LogP contribution in [0.4, 0.5) is 0 Å². The maximum Gasteiger partial charge on any atom is 0.227 e. The van der Waals surface area contributed by atoms with Crippen molar-refractivity contribution in [3.8, 4) is 6.07 Å². The van der Waals surface area contributed by atoms with E-state index in [1.807, 2.05) is 0 Å². The van der Waals surface area contributed by atoms with E-state index >= 15 is 0 Å². The second-order valence-corrected chi connectivity index (χ2v) is 5.89. The highest BCUT2D eigenvalue weighted by atomic mass is 32.2. The molecule has 0 bridgehead atoms. The van der Waals surface area contributed by atoms with Gasteiger partial charge in [0.2, 0.25) is 5.91 Å². The van der Waals surface area contributed by atoms with Crippen LogP contribution in [0.25, 0.3) is 0 Å². The maximum atomic E-state index is 10.5. The summed E-state index contributed by atoms with van der Waals surface area (Å²) in [7, 11) is 0. The minimum Gasteiger partial charge on any atom is -0.369 e. The first-order chi connectivity index (χ1) is 7.22. The van der Waals surface area contributed by atoms with Crippen LogP contribution in [0.5, 0.6) is 0 Å². The van der Waals surface area contributed by atoms with Crippen LogP contribution < -0.4 is 5.73 Å². The van der Waals surface area contributed by atoms with Crippen molar-refractivity contribution in [2.75, 3.05) is 11.5 Å². The van der Waals surface area contributed by atoms with Crippen LogP contribution in [0.1, 0.15) is 6.42 Å². The minimum atomic E-state index is -0.367. The number of carbonyl (C=O) groups excluding carboxylic acids is 1. The number of aromatic nitrogens is 2. The first-order valence-electron chi connectivity index (χ1n) is 3.96. The number of thioether (sulfide) groups is 2. The van der Waals surface area contributed by atoms with E-state index in [0.717, 1.165) is 8.68 Å². The zero-order chi connectivity index (χ0) is 11.1. The number of hydrogen-bond acceptors (Lipinski definition) is 7. The molecule has 0 aliphatic rings. The van der Waals surface area contributed by atoms with E-state index in [-0.39, 0.29) is 11.7 Å². The summed E-state index contributed by atoms with van der Waals surface area (Å²) in [5, 5.41) is 16.1. The maximum absolute atomic E-state index is 10.5. The van der Waals surface area contributed by atoms with Gasteiger partial charge < -0.3 is 5.73 Å². The van der Waals surface area contributed by atoms with E-state index in [9.17, 15) is 4.79 Å². The average Bonchev–Trinajstić information content (AvgIpc) is 2.63. The first-order valence-corrected chi connectivity index (χ1v) is 6.75. The monoisotopic (exact) mass is 260 g/mol. The molecule has 8 heteroatoms. The number of hydrogen-bond donors (Lipinski definition) is 1. The number of rotatable bonds is 6. The summed E-state index contributed by atoms with van der Waals surface area (Å²) in [5.74, 6) is 0.567. The molecule has 0 saturated heterocycles. The number of nitrogens with zero attached hydrogens (tertiary/aromatic N) is 3. The summed E-state index contributed by atoms with van der Waals surface area (Å²) >= 11 is 4.19. The van der Waals surface area contributed by atoms with E-state index < -0.39 is 0 Å². The molecule has 80 valence electrons. The van der Waals surface area contributed by atoms with Crippen molar-refractivity contribution in [1.82, 2.24) is 10.2 Å². The van der Waals surface area contributed by atoms with Gasteiger partial charge >= 0.3 is 0 Å². The van der Waals surface area contributed by atoms with Gasteiger partial charge in [0.25, 0.3) is 0 Å². The van der Waals surface area contributed by atoms with Crippen molar-refractivity contribution in [2.45, 2.75) is 15.1 Å². The third-order valence-electron chi connectivity index (χ3n) is 1.17. The SMILES string of the molecule is N#CCCSc1nnc(SCC(N)=O)s1. The molecular weight excluding hydrogens is 252 g/mol. The van der Waals surface area contributed by atoms with E-state index in [1.165, 1.54) is 34.9 Å². The third kappa shape index (κ3) is 5.01. The molecule has 0 radical (unpaired) electrons. The van der Waals surface area contributed by atoms with Crippen molar-refractivity contribution in [1.29, 1.82) is 5.26 Å². The first kappa shape index (κ1) is 12.3. The molecule has 1 amide bonds. The molecule has 15 heavy (non-hydrogen) atoms. The lowest BCUT2D eigenvalue weighted by molar-refractivity contribution is -0.115. The molecule has 0 aromatic carbocycles. The Labute approximate surface area is 99.4 Å². The summed E-state index contributed by atoms with van der Waals surface area (Å²) in [6, 6.07) is 2.05. The van der Waals surface area contributed by atoms with Gasteiger partial charge in [-0.2, -0.15) is 5.26 Å². The van der Waals surface area contributed by atoms with Crippen molar-refractivity contribution >= 4 is 40.8 Å².